The maximum Gasteiger partial charge on any atom is 0.210 e. The minimum atomic E-state index is -0.0427. The van der Waals surface area contributed by atoms with E-state index in [1.807, 2.05) is 6.07 Å². The van der Waals surface area contributed by atoms with Gasteiger partial charge in [-0.2, -0.15) is 0 Å². The molecule has 3 fully saturated rings. The van der Waals surface area contributed by atoms with Crippen LogP contribution in [0, 0.1) is 5.92 Å². The number of nitrogens with zero attached hydrogens (tertiary/aromatic N) is 2. The number of amides is 1. The van der Waals surface area contributed by atoms with Crippen LogP contribution < -0.4 is 4.74 Å². The third-order valence-electron chi connectivity index (χ3n) is 6.02. The molecule has 1 amide bonds. The van der Waals surface area contributed by atoms with Gasteiger partial charge in [0.25, 0.3) is 0 Å². The van der Waals surface area contributed by atoms with Crippen molar-refractivity contribution < 1.29 is 14.3 Å². The lowest BCUT2D eigenvalue weighted by Crippen LogP contribution is -2.38. The maximum atomic E-state index is 11.3. The Bertz CT molecular complexity index is 816. The minimum absolute atomic E-state index is 0.0427. The molecule has 3 aliphatic rings. The van der Waals surface area contributed by atoms with Crippen LogP contribution in [0.15, 0.2) is 24.3 Å². The summed E-state index contributed by atoms with van der Waals surface area (Å²) in [7, 11) is 0. The Morgan fingerprint density at radius 2 is 2.15 bits per heavy atom. The molecular formula is C21H27N3O3. The van der Waals surface area contributed by atoms with Gasteiger partial charge in [0.15, 0.2) is 0 Å². The molecule has 1 N–H and O–H groups in total. The van der Waals surface area contributed by atoms with Gasteiger partial charge in [-0.25, -0.2) is 0 Å². The average Bonchev–Trinajstić information content (AvgIpc) is 3.23. The SMILES string of the molecule is O=CN1CCOCC1c1cc2cc(O[C@H]3CCN(CC4CC4)C3)ccc2[nH]1. The first-order valence-corrected chi connectivity index (χ1v) is 10.1. The molecule has 0 spiro atoms. The maximum absolute atomic E-state index is 11.3. The highest BCUT2D eigenvalue weighted by Gasteiger charge is 2.30. The molecule has 1 unspecified atom stereocenters. The fraction of sp³-hybridized carbons (Fsp3) is 0.571. The Labute approximate surface area is 159 Å². The lowest BCUT2D eigenvalue weighted by molar-refractivity contribution is -0.126. The van der Waals surface area contributed by atoms with Crippen molar-refractivity contribution in [1.82, 2.24) is 14.8 Å². The van der Waals surface area contributed by atoms with Crippen LogP contribution in [0.4, 0.5) is 0 Å². The zero-order chi connectivity index (χ0) is 18.2. The van der Waals surface area contributed by atoms with Gasteiger partial charge in [0.1, 0.15) is 11.9 Å². The largest absolute Gasteiger partial charge is 0.489 e. The number of hydrogen-bond donors (Lipinski definition) is 1. The molecule has 1 saturated carbocycles. The summed E-state index contributed by atoms with van der Waals surface area (Å²) >= 11 is 0. The van der Waals surface area contributed by atoms with Gasteiger partial charge in [0.2, 0.25) is 6.41 Å². The van der Waals surface area contributed by atoms with E-state index in [2.05, 4.69) is 28.1 Å². The van der Waals surface area contributed by atoms with Crippen LogP contribution in [0.5, 0.6) is 5.75 Å². The Balaban J connectivity index is 1.28. The van der Waals surface area contributed by atoms with Crippen LogP contribution >= 0.6 is 0 Å². The first-order valence-electron chi connectivity index (χ1n) is 10.1. The number of hydrogen-bond acceptors (Lipinski definition) is 4. The predicted octanol–water partition coefficient (Wildman–Crippen LogP) is 2.56. The van der Waals surface area contributed by atoms with Gasteiger partial charge in [-0.1, -0.05) is 0 Å². The van der Waals surface area contributed by atoms with Crippen molar-refractivity contribution in [3.8, 4) is 5.75 Å². The molecule has 2 saturated heterocycles. The van der Waals surface area contributed by atoms with E-state index in [4.69, 9.17) is 9.47 Å². The van der Waals surface area contributed by atoms with Crippen molar-refractivity contribution in [3.05, 3.63) is 30.0 Å². The topological polar surface area (TPSA) is 57.8 Å². The third kappa shape index (κ3) is 3.69. The van der Waals surface area contributed by atoms with E-state index >= 15 is 0 Å². The van der Waals surface area contributed by atoms with Gasteiger partial charge < -0.3 is 19.4 Å². The number of likely N-dealkylation sites (tertiary alicyclic amines) is 1. The molecule has 1 aliphatic carbocycles. The highest BCUT2D eigenvalue weighted by Crippen LogP contribution is 2.32. The molecule has 1 aromatic heterocycles. The number of aromatic amines is 1. The van der Waals surface area contributed by atoms with E-state index in [9.17, 15) is 4.79 Å². The van der Waals surface area contributed by atoms with Crippen molar-refractivity contribution in [2.45, 2.75) is 31.4 Å². The number of H-pyrrole nitrogens is 1. The molecule has 27 heavy (non-hydrogen) atoms. The number of aromatic nitrogens is 1. The minimum Gasteiger partial charge on any atom is -0.489 e. The van der Waals surface area contributed by atoms with E-state index in [1.165, 1.54) is 19.4 Å². The monoisotopic (exact) mass is 369 g/mol. The van der Waals surface area contributed by atoms with Gasteiger partial charge in [0.05, 0.1) is 19.3 Å². The zero-order valence-corrected chi connectivity index (χ0v) is 15.6. The first-order chi connectivity index (χ1) is 13.3. The Hall–Kier alpha value is -2.05. The summed E-state index contributed by atoms with van der Waals surface area (Å²) < 4.78 is 11.8. The van der Waals surface area contributed by atoms with E-state index in [-0.39, 0.29) is 12.1 Å². The molecule has 1 aromatic carbocycles. The molecule has 6 nitrogen and oxygen atoms in total. The first kappa shape index (κ1) is 17.1. The number of morpholine rings is 1. The fourth-order valence-corrected chi connectivity index (χ4v) is 4.31. The highest BCUT2D eigenvalue weighted by molar-refractivity contribution is 5.82. The molecule has 2 aromatic rings. The molecule has 2 aliphatic heterocycles. The number of carbonyl (C=O) groups is 1. The number of benzene rings is 1. The molecule has 3 heterocycles. The second-order valence-electron chi connectivity index (χ2n) is 8.14. The van der Waals surface area contributed by atoms with Crippen molar-refractivity contribution in [3.63, 3.8) is 0 Å². The summed E-state index contributed by atoms with van der Waals surface area (Å²) in [5.41, 5.74) is 2.08. The van der Waals surface area contributed by atoms with Crippen LogP contribution in [0.3, 0.4) is 0 Å². The van der Waals surface area contributed by atoms with Crippen LogP contribution in [0.25, 0.3) is 10.9 Å². The number of ether oxygens (including phenoxy) is 2. The summed E-state index contributed by atoms with van der Waals surface area (Å²) in [6, 6.07) is 8.29. The van der Waals surface area contributed by atoms with Crippen LogP contribution in [-0.2, 0) is 9.53 Å². The number of fused-ring (bicyclic) bond motifs is 1. The van der Waals surface area contributed by atoms with Crippen molar-refractivity contribution in [2.24, 2.45) is 5.92 Å². The predicted molar refractivity (Wildman–Crippen MR) is 103 cm³/mol. The Morgan fingerprint density at radius 3 is 3.00 bits per heavy atom. The van der Waals surface area contributed by atoms with E-state index in [0.29, 0.717) is 19.8 Å². The molecule has 144 valence electrons. The molecule has 2 atom stereocenters. The fourth-order valence-electron chi connectivity index (χ4n) is 4.31. The standard InChI is InChI=1S/C21H27N3O3/c25-14-24-7-8-26-13-21(24)20-10-16-9-17(3-4-19(16)22-20)27-18-5-6-23(12-18)11-15-1-2-15/h3-4,9-10,14-15,18,21-22H,1-2,5-8,11-13H2/t18-,21?/m0/s1. The summed E-state index contributed by atoms with van der Waals surface area (Å²) in [5, 5.41) is 1.12. The second-order valence-corrected chi connectivity index (χ2v) is 8.14. The van der Waals surface area contributed by atoms with Crippen LogP contribution in [0.1, 0.15) is 31.0 Å². The van der Waals surface area contributed by atoms with Gasteiger partial charge >= 0.3 is 0 Å². The number of nitrogens with one attached hydrogen (secondary N) is 1. The Kier molecular flexibility index (Phi) is 4.53. The Morgan fingerprint density at radius 1 is 1.22 bits per heavy atom. The highest BCUT2D eigenvalue weighted by atomic mass is 16.5. The lowest BCUT2D eigenvalue weighted by atomic mass is 10.1. The van der Waals surface area contributed by atoms with Gasteiger partial charge in [-0.15, -0.1) is 0 Å². The van der Waals surface area contributed by atoms with Crippen molar-refractivity contribution in [1.29, 1.82) is 0 Å². The van der Waals surface area contributed by atoms with Gasteiger partial charge in [-0.3, -0.25) is 9.69 Å². The smallest absolute Gasteiger partial charge is 0.210 e. The van der Waals surface area contributed by atoms with Crippen LogP contribution in [0.2, 0.25) is 0 Å². The molecule has 5 rings (SSSR count). The molecule has 0 bridgehead atoms. The second kappa shape index (κ2) is 7.17. The summed E-state index contributed by atoms with van der Waals surface area (Å²) in [5.74, 6) is 1.87. The van der Waals surface area contributed by atoms with E-state index < -0.39 is 0 Å². The van der Waals surface area contributed by atoms with Crippen molar-refractivity contribution in [2.75, 3.05) is 39.4 Å². The molecule has 6 heteroatoms. The normalized spacial score (nSPS) is 26.6. The van der Waals surface area contributed by atoms with Gasteiger partial charge in [-0.05, 0) is 49.4 Å². The molecule has 0 radical (unpaired) electrons. The van der Waals surface area contributed by atoms with E-state index in [0.717, 1.165) is 54.2 Å². The summed E-state index contributed by atoms with van der Waals surface area (Å²) in [6.45, 7) is 5.22. The van der Waals surface area contributed by atoms with E-state index in [1.54, 1.807) is 4.90 Å². The van der Waals surface area contributed by atoms with Gasteiger partial charge in [0, 0.05) is 42.8 Å². The number of carbonyl (C=O) groups excluding carboxylic acids is 1. The number of rotatable bonds is 6. The lowest BCUT2D eigenvalue weighted by Gasteiger charge is -2.31. The quantitative estimate of drug-likeness (QED) is 0.795. The average molecular weight is 369 g/mol. The molecular weight excluding hydrogens is 342 g/mol. The summed E-state index contributed by atoms with van der Waals surface area (Å²) in [6.07, 6.45) is 5.12. The van der Waals surface area contributed by atoms with Crippen molar-refractivity contribution >= 4 is 17.3 Å². The third-order valence-corrected chi connectivity index (χ3v) is 6.02. The van der Waals surface area contributed by atoms with Crippen LogP contribution in [-0.4, -0.2) is 66.7 Å². The zero-order valence-electron chi connectivity index (χ0n) is 15.6. The summed E-state index contributed by atoms with van der Waals surface area (Å²) in [4.78, 5) is 19.1.